The topological polar surface area (TPSA) is 61.4 Å². The number of aromatic nitrogens is 2. The predicted octanol–water partition coefficient (Wildman–Crippen LogP) is 3.20. The number of nitrogens with one attached hydrogen (secondary N) is 1. The van der Waals surface area contributed by atoms with Gasteiger partial charge in [-0.25, -0.2) is 9.97 Å². The van der Waals surface area contributed by atoms with Gasteiger partial charge in [-0.15, -0.1) is 11.3 Å². The van der Waals surface area contributed by atoms with Gasteiger partial charge in [0.1, 0.15) is 17.0 Å². The lowest BCUT2D eigenvalue weighted by Crippen LogP contribution is -2.44. The van der Waals surface area contributed by atoms with Gasteiger partial charge in [0.25, 0.3) is 5.91 Å². The molecule has 7 heteroatoms. The highest BCUT2D eigenvalue weighted by atomic mass is 32.1. The van der Waals surface area contributed by atoms with Crippen LogP contribution in [0.2, 0.25) is 0 Å². The number of carbonyl (C=O) groups is 1. The van der Waals surface area contributed by atoms with Gasteiger partial charge < -0.3 is 15.1 Å². The minimum Gasteiger partial charge on any atom is -0.353 e. The van der Waals surface area contributed by atoms with Gasteiger partial charge in [-0.05, 0) is 32.4 Å². The summed E-state index contributed by atoms with van der Waals surface area (Å²) in [6, 6.07) is 0.313. The van der Waals surface area contributed by atoms with Crippen LogP contribution in [0.5, 0.6) is 0 Å². The van der Waals surface area contributed by atoms with Gasteiger partial charge in [-0.2, -0.15) is 0 Å². The van der Waals surface area contributed by atoms with Crippen LogP contribution in [0.1, 0.15) is 53.8 Å². The number of piperazine rings is 1. The fourth-order valence-electron chi connectivity index (χ4n) is 4.20. The Morgan fingerprint density at radius 2 is 1.81 bits per heavy atom. The van der Waals surface area contributed by atoms with E-state index in [-0.39, 0.29) is 5.91 Å². The van der Waals surface area contributed by atoms with Crippen LogP contribution in [0.3, 0.4) is 0 Å². The van der Waals surface area contributed by atoms with E-state index in [9.17, 15) is 4.79 Å². The third kappa shape index (κ3) is 3.94. The summed E-state index contributed by atoms with van der Waals surface area (Å²) in [5, 5.41) is 4.34. The molecule has 0 spiro atoms. The van der Waals surface area contributed by atoms with Gasteiger partial charge in [0.2, 0.25) is 0 Å². The normalized spacial score (nSPS) is 20.0. The molecule has 0 radical (unpaired) electrons. The van der Waals surface area contributed by atoms with Crippen LogP contribution in [-0.4, -0.2) is 60.0 Å². The molecule has 1 N–H and O–H groups in total. The van der Waals surface area contributed by atoms with Crippen molar-refractivity contribution in [1.29, 1.82) is 0 Å². The summed E-state index contributed by atoms with van der Waals surface area (Å²) in [5.41, 5.74) is 1.02. The average Bonchev–Trinajstić information content (AvgIpc) is 2.83. The maximum atomic E-state index is 13.0. The molecule has 2 aliphatic rings. The van der Waals surface area contributed by atoms with E-state index in [1.165, 1.54) is 37.0 Å². The van der Waals surface area contributed by atoms with Crippen molar-refractivity contribution in [2.75, 3.05) is 38.1 Å². The molecule has 1 amide bonds. The highest BCUT2D eigenvalue weighted by Crippen LogP contribution is 2.35. The summed E-state index contributed by atoms with van der Waals surface area (Å²) in [6.07, 6.45) is 8.85. The molecular formula is C20H29N5OS. The fraction of sp³-hybridized carbons (Fsp3) is 0.650. The molecule has 6 nitrogen and oxygen atoms in total. The highest BCUT2D eigenvalue weighted by Gasteiger charge is 2.25. The molecule has 1 aliphatic heterocycles. The number of hydrogen-bond donors (Lipinski definition) is 1. The summed E-state index contributed by atoms with van der Waals surface area (Å²) in [7, 11) is 2.15. The van der Waals surface area contributed by atoms with Gasteiger partial charge in [-0.3, -0.25) is 4.79 Å². The summed E-state index contributed by atoms with van der Waals surface area (Å²) in [4.78, 5) is 28.4. The van der Waals surface area contributed by atoms with Crippen molar-refractivity contribution in [2.45, 2.75) is 51.5 Å². The van der Waals surface area contributed by atoms with E-state index < -0.39 is 0 Å². The van der Waals surface area contributed by atoms with Crippen molar-refractivity contribution in [3.8, 4) is 0 Å². The van der Waals surface area contributed by atoms with E-state index in [2.05, 4.69) is 32.1 Å². The molecule has 2 aromatic heterocycles. The summed E-state index contributed by atoms with van der Waals surface area (Å²) in [5.74, 6) is 1.04. The number of thiophene rings is 1. The van der Waals surface area contributed by atoms with Crippen molar-refractivity contribution in [2.24, 2.45) is 0 Å². The molecule has 1 aliphatic carbocycles. The van der Waals surface area contributed by atoms with Crippen LogP contribution >= 0.6 is 11.3 Å². The molecule has 1 saturated heterocycles. The zero-order valence-electron chi connectivity index (χ0n) is 16.3. The van der Waals surface area contributed by atoms with Gasteiger partial charge in [0.05, 0.1) is 10.3 Å². The molecule has 0 bridgehead atoms. The van der Waals surface area contributed by atoms with Gasteiger partial charge in [-0.1, -0.05) is 25.7 Å². The third-order valence-electron chi connectivity index (χ3n) is 5.91. The minimum atomic E-state index is 0.0618. The average molecular weight is 388 g/mol. The monoisotopic (exact) mass is 387 g/mol. The Balaban J connectivity index is 1.60. The summed E-state index contributed by atoms with van der Waals surface area (Å²) < 4.78 is 0. The van der Waals surface area contributed by atoms with Crippen LogP contribution < -0.4 is 10.2 Å². The van der Waals surface area contributed by atoms with E-state index >= 15 is 0 Å². The van der Waals surface area contributed by atoms with E-state index in [0.717, 1.165) is 65.5 Å². The Labute approximate surface area is 165 Å². The van der Waals surface area contributed by atoms with Crippen LogP contribution in [0.4, 0.5) is 5.82 Å². The minimum absolute atomic E-state index is 0.0618. The largest absolute Gasteiger partial charge is 0.353 e. The van der Waals surface area contributed by atoms with Crippen molar-refractivity contribution < 1.29 is 4.79 Å². The molecule has 27 heavy (non-hydrogen) atoms. The highest BCUT2D eigenvalue weighted by molar-refractivity contribution is 7.20. The number of fused-ring (bicyclic) bond motifs is 1. The first-order valence-electron chi connectivity index (χ1n) is 10.1. The molecule has 3 heterocycles. The molecular weight excluding hydrogens is 358 g/mol. The van der Waals surface area contributed by atoms with E-state index in [1.54, 1.807) is 6.33 Å². The van der Waals surface area contributed by atoms with Gasteiger partial charge in [0.15, 0.2) is 0 Å². The smallest absolute Gasteiger partial charge is 0.261 e. The molecule has 146 valence electrons. The lowest BCUT2D eigenvalue weighted by Gasteiger charge is -2.33. The number of aryl methyl sites for hydroxylation is 1. The Morgan fingerprint density at radius 3 is 2.52 bits per heavy atom. The predicted molar refractivity (Wildman–Crippen MR) is 111 cm³/mol. The molecule has 2 aromatic rings. The van der Waals surface area contributed by atoms with E-state index in [4.69, 9.17) is 0 Å². The fourth-order valence-corrected chi connectivity index (χ4v) is 5.25. The Bertz CT molecular complexity index is 804. The standard InChI is InChI=1S/C20H29N5OS/c1-14-16-18(25-11-9-24(2)10-12-25)21-13-22-20(16)27-17(14)19(26)23-15-7-5-3-4-6-8-15/h13,15H,3-12H2,1-2H3,(H,23,26). The summed E-state index contributed by atoms with van der Waals surface area (Å²) >= 11 is 1.50. The Morgan fingerprint density at radius 1 is 1.11 bits per heavy atom. The second-order valence-electron chi connectivity index (χ2n) is 7.89. The number of amides is 1. The van der Waals surface area contributed by atoms with Crippen molar-refractivity contribution in [3.63, 3.8) is 0 Å². The van der Waals surface area contributed by atoms with Crippen molar-refractivity contribution >= 4 is 33.3 Å². The number of carbonyl (C=O) groups excluding carboxylic acids is 1. The first-order valence-corrected chi connectivity index (χ1v) is 10.9. The quantitative estimate of drug-likeness (QED) is 0.820. The number of nitrogens with zero attached hydrogens (tertiary/aromatic N) is 4. The van der Waals surface area contributed by atoms with Crippen LogP contribution in [0, 0.1) is 6.92 Å². The third-order valence-corrected chi connectivity index (χ3v) is 7.10. The Kier molecular flexibility index (Phi) is 5.59. The van der Waals surface area contributed by atoms with Gasteiger partial charge >= 0.3 is 0 Å². The SMILES string of the molecule is Cc1c(C(=O)NC2CCCCCC2)sc2ncnc(N3CCN(C)CC3)c12. The maximum absolute atomic E-state index is 13.0. The molecule has 2 fully saturated rings. The number of hydrogen-bond acceptors (Lipinski definition) is 6. The second kappa shape index (κ2) is 8.10. The number of anilines is 1. The van der Waals surface area contributed by atoms with Gasteiger partial charge in [0, 0.05) is 32.2 Å². The second-order valence-corrected chi connectivity index (χ2v) is 8.88. The summed E-state index contributed by atoms with van der Waals surface area (Å²) in [6.45, 7) is 6.03. The lowest BCUT2D eigenvalue weighted by molar-refractivity contribution is 0.0937. The molecule has 0 unspecified atom stereocenters. The van der Waals surface area contributed by atoms with Crippen LogP contribution in [-0.2, 0) is 0 Å². The number of likely N-dealkylation sites (N-methyl/N-ethyl adjacent to an activating group) is 1. The first-order chi connectivity index (χ1) is 13.1. The van der Waals surface area contributed by atoms with Crippen LogP contribution in [0.15, 0.2) is 6.33 Å². The number of rotatable bonds is 3. The molecule has 1 saturated carbocycles. The molecule has 0 aromatic carbocycles. The van der Waals surface area contributed by atoms with E-state index in [0.29, 0.717) is 6.04 Å². The lowest BCUT2D eigenvalue weighted by atomic mass is 10.1. The maximum Gasteiger partial charge on any atom is 0.261 e. The van der Waals surface area contributed by atoms with Crippen molar-refractivity contribution in [3.05, 3.63) is 16.8 Å². The first kappa shape index (κ1) is 18.6. The van der Waals surface area contributed by atoms with Crippen molar-refractivity contribution in [1.82, 2.24) is 20.2 Å². The zero-order chi connectivity index (χ0) is 18.8. The van der Waals surface area contributed by atoms with E-state index in [1.807, 2.05) is 6.92 Å². The zero-order valence-corrected chi connectivity index (χ0v) is 17.1. The molecule has 4 rings (SSSR count). The Hall–Kier alpha value is -1.73. The van der Waals surface area contributed by atoms with Crippen LogP contribution in [0.25, 0.3) is 10.2 Å². The molecule has 0 atom stereocenters.